The molecular formula is C58H40N2. The largest absolute Gasteiger partial charge is 0.310 e. The van der Waals surface area contributed by atoms with E-state index in [9.17, 15) is 0 Å². The minimum absolute atomic E-state index is 1.10. The molecule has 11 aromatic carbocycles. The van der Waals surface area contributed by atoms with Gasteiger partial charge in [-0.3, -0.25) is 0 Å². The zero-order chi connectivity index (χ0) is 39.8. The minimum Gasteiger partial charge on any atom is -0.310 e. The molecule has 11 rings (SSSR count). The van der Waals surface area contributed by atoms with E-state index in [4.69, 9.17) is 0 Å². The van der Waals surface area contributed by atoms with Crippen molar-refractivity contribution in [1.82, 2.24) is 0 Å². The normalized spacial score (nSPS) is 11.3. The molecule has 0 amide bonds. The average molecular weight is 765 g/mol. The van der Waals surface area contributed by atoms with Crippen molar-refractivity contribution in [3.8, 4) is 22.3 Å². The van der Waals surface area contributed by atoms with Crippen molar-refractivity contribution in [3.63, 3.8) is 0 Å². The summed E-state index contributed by atoms with van der Waals surface area (Å²) in [6, 6.07) is 88.1. The minimum atomic E-state index is 1.10. The summed E-state index contributed by atoms with van der Waals surface area (Å²) in [7, 11) is 0. The second-order valence-corrected chi connectivity index (χ2v) is 15.3. The summed E-state index contributed by atoms with van der Waals surface area (Å²) >= 11 is 0. The number of anilines is 6. The number of rotatable bonds is 8. The molecule has 0 atom stereocenters. The van der Waals surface area contributed by atoms with Crippen LogP contribution in [0.1, 0.15) is 0 Å². The molecule has 0 heterocycles. The smallest absolute Gasteiger partial charge is 0.0468 e. The first-order chi connectivity index (χ1) is 29.8. The molecule has 2 heteroatoms. The summed E-state index contributed by atoms with van der Waals surface area (Å²) in [5.74, 6) is 0. The van der Waals surface area contributed by atoms with Crippen LogP contribution in [0.2, 0.25) is 0 Å². The standard InChI is InChI=1S/C58H40N2/c1-5-22-45(23-6-1)59(46-24-7-2-8-25-46)49-35-37-54-55(39-49)57(44-33-32-41-18-13-14-20-43(41)38-44)53-36-34-50(60(47-26-9-3-10-27-47)48-28-11-4-12-29-48)40-56(53)58(54)52-31-17-21-42-19-15-16-30-51(42)52/h1-40H. The van der Waals surface area contributed by atoms with Gasteiger partial charge in [0.2, 0.25) is 0 Å². The second kappa shape index (κ2) is 15.1. The zero-order valence-electron chi connectivity index (χ0n) is 33.0. The number of benzene rings is 11. The molecule has 0 aromatic heterocycles. The maximum Gasteiger partial charge on any atom is 0.0468 e. The molecule has 2 nitrogen and oxygen atoms in total. The molecule has 0 bridgehead atoms. The summed E-state index contributed by atoms with van der Waals surface area (Å²) in [6.07, 6.45) is 0. The van der Waals surface area contributed by atoms with Crippen molar-refractivity contribution in [3.05, 3.63) is 243 Å². The van der Waals surface area contributed by atoms with E-state index in [1.807, 2.05) is 0 Å². The van der Waals surface area contributed by atoms with Gasteiger partial charge in [-0.15, -0.1) is 0 Å². The van der Waals surface area contributed by atoms with E-state index in [2.05, 4.69) is 252 Å². The van der Waals surface area contributed by atoms with E-state index in [0.29, 0.717) is 0 Å². The Morgan fingerprint density at radius 1 is 0.217 bits per heavy atom. The number of para-hydroxylation sites is 4. The van der Waals surface area contributed by atoms with Crippen molar-refractivity contribution in [2.45, 2.75) is 0 Å². The van der Waals surface area contributed by atoms with Crippen LogP contribution in [0.4, 0.5) is 34.1 Å². The molecule has 0 spiro atoms. The molecule has 0 saturated carbocycles. The van der Waals surface area contributed by atoms with E-state index < -0.39 is 0 Å². The highest BCUT2D eigenvalue weighted by Crippen LogP contribution is 2.49. The maximum absolute atomic E-state index is 2.42. The number of hydrogen-bond donors (Lipinski definition) is 0. The van der Waals surface area contributed by atoms with E-state index in [0.717, 1.165) is 34.1 Å². The average Bonchev–Trinajstić information content (AvgIpc) is 3.32. The van der Waals surface area contributed by atoms with Gasteiger partial charge in [-0.05, 0) is 144 Å². The van der Waals surface area contributed by atoms with E-state index in [1.165, 1.54) is 65.3 Å². The second-order valence-electron chi connectivity index (χ2n) is 15.3. The zero-order valence-corrected chi connectivity index (χ0v) is 33.0. The Labute approximate surface area is 350 Å². The van der Waals surface area contributed by atoms with Gasteiger partial charge in [-0.2, -0.15) is 0 Å². The molecule has 0 unspecified atom stereocenters. The number of hydrogen-bond acceptors (Lipinski definition) is 2. The van der Waals surface area contributed by atoms with E-state index >= 15 is 0 Å². The monoisotopic (exact) mass is 764 g/mol. The van der Waals surface area contributed by atoms with Gasteiger partial charge in [-0.25, -0.2) is 0 Å². The Morgan fingerprint density at radius 3 is 1.20 bits per heavy atom. The molecular weight excluding hydrogens is 725 g/mol. The first-order valence-corrected chi connectivity index (χ1v) is 20.6. The number of fused-ring (bicyclic) bond motifs is 4. The summed E-state index contributed by atoms with van der Waals surface area (Å²) in [5, 5.41) is 9.70. The lowest BCUT2D eigenvalue weighted by Crippen LogP contribution is -2.10. The van der Waals surface area contributed by atoms with Gasteiger partial charge >= 0.3 is 0 Å². The fourth-order valence-corrected chi connectivity index (χ4v) is 9.07. The van der Waals surface area contributed by atoms with Gasteiger partial charge in [0.25, 0.3) is 0 Å². The highest BCUT2D eigenvalue weighted by Gasteiger charge is 2.23. The highest BCUT2D eigenvalue weighted by molar-refractivity contribution is 6.25. The quantitative estimate of drug-likeness (QED) is 0.142. The van der Waals surface area contributed by atoms with Gasteiger partial charge < -0.3 is 9.80 Å². The van der Waals surface area contributed by atoms with Crippen LogP contribution in [0.3, 0.4) is 0 Å². The lowest BCUT2D eigenvalue weighted by molar-refractivity contribution is 1.29. The fourth-order valence-electron chi connectivity index (χ4n) is 9.07. The van der Waals surface area contributed by atoms with Gasteiger partial charge in [0.1, 0.15) is 0 Å². The van der Waals surface area contributed by atoms with Crippen LogP contribution in [0.5, 0.6) is 0 Å². The Kier molecular flexibility index (Phi) is 8.87. The van der Waals surface area contributed by atoms with Gasteiger partial charge in [0.15, 0.2) is 0 Å². The van der Waals surface area contributed by atoms with Crippen LogP contribution in [-0.4, -0.2) is 0 Å². The van der Waals surface area contributed by atoms with Crippen molar-refractivity contribution in [2.24, 2.45) is 0 Å². The highest BCUT2D eigenvalue weighted by atomic mass is 15.1. The van der Waals surface area contributed by atoms with Crippen molar-refractivity contribution in [1.29, 1.82) is 0 Å². The van der Waals surface area contributed by atoms with E-state index in [1.54, 1.807) is 0 Å². The molecule has 0 radical (unpaired) electrons. The summed E-state index contributed by atoms with van der Waals surface area (Å²) in [5.41, 5.74) is 11.5. The Morgan fingerprint density at radius 2 is 0.650 bits per heavy atom. The molecule has 60 heavy (non-hydrogen) atoms. The van der Waals surface area contributed by atoms with Crippen LogP contribution in [0, 0.1) is 0 Å². The summed E-state index contributed by atoms with van der Waals surface area (Å²) in [6.45, 7) is 0. The van der Waals surface area contributed by atoms with Crippen LogP contribution in [0.15, 0.2) is 243 Å². The lowest BCUT2D eigenvalue weighted by atomic mass is 9.84. The van der Waals surface area contributed by atoms with Crippen molar-refractivity contribution in [2.75, 3.05) is 9.80 Å². The molecule has 0 saturated heterocycles. The van der Waals surface area contributed by atoms with Crippen molar-refractivity contribution >= 4 is 77.2 Å². The molecule has 0 aliphatic carbocycles. The predicted molar refractivity (Wildman–Crippen MR) is 257 cm³/mol. The Balaban J connectivity index is 1.28. The van der Waals surface area contributed by atoms with Gasteiger partial charge in [0.05, 0.1) is 0 Å². The predicted octanol–water partition coefficient (Wildman–Crippen LogP) is 16.6. The molecule has 0 aliphatic rings. The summed E-state index contributed by atoms with van der Waals surface area (Å²) in [4.78, 5) is 4.74. The molecule has 11 aromatic rings. The lowest BCUT2D eigenvalue weighted by Gasteiger charge is -2.28. The third-order valence-electron chi connectivity index (χ3n) is 11.8. The number of nitrogens with zero attached hydrogens (tertiary/aromatic N) is 2. The van der Waals surface area contributed by atoms with Gasteiger partial charge in [0, 0.05) is 34.1 Å². The molecule has 0 N–H and O–H groups in total. The molecule has 282 valence electrons. The van der Waals surface area contributed by atoms with Crippen LogP contribution in [0.25, 0.3) is 65.3 Å². The molecule has 0 fully saturated rings. The summed E-state index contributed by atoms with van der Waals surface area (Å²) < 4.78 is 0. The van der Waals surface area contributed by atoms with Crippen LogP contribution >= 0.6 is 0 Å². The molecule has 0 aliphatic heterocycles. The Bertz CT molecular complexity index is 3220. The third kappa shape index (κ3) is 6.23. The van der Waals surface area contributed by atoms with Gasteiger partial charge in [-0.1, -0.05) is 164 Å². The maximum atomic E-state index is 2.42. The van der Waals surface area contributed by atoms with Crippen LogP contribution in [-0.2, 0) is 0 Å². The topological polar surface area (TPSA) is 6.48 Å². The van der Waals surface area contributed by atoms with Crippen molar-refractivity contribution < 1.29 is 0 Å². The van der Waals surface area contributed by atoms with E-state index in [-0.39, 0.29) is 0 Å². The first-order valence-electron chi connectivity index (χ1n) is 20.6. The SMILES string of the molecule is c1ccc(N(c2ccccc2)c2ccc3c(-c4cccc5ccccc45)c4cc(N(c5ccccc5)c5ccccc5)ccc4c(-c4ccc5ccccc5c4)c3c2)cc1. The third-order valence-corrected chi connectivity index (χ3v) is 11.8. The van der Waals surface area contributed by atoms with Crippen LogP contribution < -0.4 is 9.80 Å². The Hall–Kier alpha value is -7.94. The fraction of sp³-hybridized carbons (Fsp3) is 0. The first kappa shape index (κ1) is 35.2.